The van der Waals surface area contributed by atoms with Crippen molar-refractivity contribution >= 4 is 21.9 Å². The fourth-order valence-corrected chi connectivity index (χ4v) is 3.91. The molecule has 0 aliphatic carbocycles. The Morgan fingerprint density at radius 2 is 1.88 bits per heavy atom. The van der Waals surface area contributed by atoms with E-state index in [-0.39, 0.29) is 13.1 Å². The summed E-state index contributed by atoms with van der Waals surface area (Å²) >= 11 is 0. The average molecular weight is 358 g/mol. The quantitative estimate of drug-likeness (QED) is 0.811. The molecule has 1 aliphatic rings. The average Bonchev–Trinajstić information content (AvgIpc) is 2.54. The van der Waals surface area contributed by atoms with Crippen molar-refractivity contribution in [1.29, 1.82) is 0 Å². The zero-order valence-electron chi connectivity index (χ0n) is 13.1. The number of likely N-dealkylation sites (tertiary alicyclic amines) is 1. The van der Waals surface area contributed by atoms with E-state index in [0.717, 1.165) is 12.1 Å². The van der Waals surface area contributed by atoms with E-state index in [0.29, 0.717) is 12.8 Å². The predicted molar refractivity (Wildman–Crippen MR) is 83.1 cm³/mol. The van der Waals surface area contributed by atoms with Gasteiger partial charge in [0, 0.05) is 13.1 Å². The van der Waals surface area contributed by atoms with Crippen molar-refractivity contribution in [3.05, 3.63) is 30.1 Å². The second kappa shape index (κ2) is 7.27. The first kappa shape index (κ1) is 18.3. The summed E-state index contributed by atoms with van der Waals surface area (Å²) < 4.78 is 40.2. The molecule has 1 fully saturated rings. The number of hydrogen-bond acceptors (Lipinski definition) is 4. The van der Waals surface area contributed by atoms with Crippen LogP contribution in [0.1, 0.15) is 19.8 Å². The lowest BCUT2D eigenvalue weighted by atomic mass is 9.97. The summed E-state index contributed by atoms with van der Waals surface area (Å²) in [5.74, 6) is -2.74. The van der Waals surface area contributed by atoms with Crippen LogP contribution in [0.2, 0.25) is 0 Å². The highest BCUT2D eigenvalue weighted by molar-refractivity contribution is 7.89. The molecule has 0 saturated carbocycles. The molecule has 24 heavy (non-hydrogen) atoms. The first-order valence-corrected chi connectivity index (χ1v) is 8.99. The highest BCUT2D eigenvalue weighted by atomic mass is 32.2. The van der Waals surface area contributed by atoms with Crippen LogP contribution in [-0.4, -0.2) is 49.4 Å². The van der Waals surface area contributed by atoms with E-state index in [4.69, 9.17) is 5.11 Å². The maximum Gasteiger partial charge on any atom is 0.306 e. The van der Waals surface area contributed by atoms with Crippen LogP contribution in [0.25, 0.3) is 0 Å². The first-order chi connectivity index (χ1) is 11.2. The molecular formula is C15H19FN2O5S. The second-order valence-electron chi connectivity index (χ2n) is 5.71. The number of halogens is 1. The van der Waals surface area contributed by atoms with Crippen molar-refractivity contribution in [2.45, 2.75) is 30.7 Å². The Morgan fingerprint density at radius 1 is 1.29 bits per heavy atom. The highest BCUT2D eigenvalue weighted by Crippen LogP contribution is 2.19. The molecule has 1 saturated heterocycles. The summed E-state index contributed by atoms with van der Waals surface area (Å²) in [4.78, 5) is 24.1. The van der Waals surface area contributed by atoms with Gasteiger partial charge >= 0.3 is 5.97 Å². The van der Waals surface area contributed by atoms with E-state index in [1.54, 1.807) is 0 Å². The summed E-state index contributed by atoms with van der Waals surface area (Å²) in [5, 5.41) is 8.95. The van der Waals surface area contributed by atoms with E-state index >= 15 is 0 Å². The number of sulfonamides is 1. The minimum absolute atomic E-state index is 0.252. The standard InChI is InChI=1S/C15H19FN2O5S/c1-10(14(19)18-8-6-11(7-9-18)15(20)21)17-24(22,23)13-5-3-2-4-12(13)16/h2-5,10-11,17H,6-9H2,1H3,(H,20,21). The van der Waals surface area contributed by atoms with Gasteiger partial charge in [0.05, 0.1) is 12.0 Å². The van der Waals surface area contributed by atoms with Crippen molar-refractivity contribution in [3.63, 3.8) is 0 Å². The van der Waals surface area contributed by atoms with Gasteiger partial charge in [-0.3, -0.25) is 9.59 Å². The number of rotatable bonds is 5. The number of nitrogens with zero attached hydrogens (tertiary/aromatic N) is 1. The molecule has 0 bridgehead atoms. The van der Waals surface area contributed by atoms with Crippen LogP contribution in [0, 0.1) is 11.7 Å². The predicted octanol–water partition coefficient (Wildman–Crippen LogP) is 0.816. The van der Waals surface area contributed by atoms with E-state index in [1.165, 1.54) is 24.0 Å². The maximum atomic E-state index is 13.6. The smallest absolute Gasteiger partial charge is 0.306 e. The molecule has 2 rings (SSSR count). The van der Waals surface area contributed by atoms with Crippen molar-refractivity contribution in [3.8, 4) is 0 Å². The van der Waals surface area contributed by atoms with Crippen LogP contribution in [-0.2, 0) is 19.6 Å². The van der Waals surface area contributed by atoms with Crippen LogP contribution in [0.4, 0.5) is 4.39 Å². The molecule has 0 radical (unpaired) electrons. The van der Waals surface area contributed by atoms with Gasteiger partial charge in [-0.05, 0) is 31.9 Å². The van der Waals surface area contributed by atoms with Crippen molar-refractivity contribution < 1.29 is 27.5 Å². The normalized spacial score (nSPS) is 17.5. The monoisotopic (exact) mass is 358 g/mol. The first-order valence-electron chi connectivity index (χ1n) is 7.51. The number of amides is 1. The summed E-state index contributed by atoms with van der Waals surface area (Å²) in [6.07, 6.45) is 0.654. The number of carbonyl (C=O) groups is 2. The van der Waals surface area contributed by atoms with Gasteiger partial charge in [0.25, 0.3) is 0 Å². The van der Waals surface area contributed by atoms with E-state index in [9.17, 15) is 22.4 Å². The van der Waals surface area contributed by atoms with E-state index < -0.39 is 44.6 Å². The van der Waals surface area contributed by atoms with Gasteiger partial charge in [0.2, 0.25) is 15.9 Å². The van der Waals surface area contributed by atoms with Gasteiger partial charge < -0.3 is 10.0 Å². The van der Waals surface area contributed by atoms with Gasteiger partial charge in [-0.1, -0.05) is 12.1 Å². The number of hydrogen-bond donors (Lipinski definition) is 2. The molecule has 1 unspecified atom stereocenters. The number of nitrogens with one attached hydrogen (secondary N) is 1. The highest BCUT2D eigenvalue weighted by Gasteiger charge is 2.31. The Labute approximate surface area is 139 Å². The summed E-state index contributed by atoms with van der Waals surface area (Å²) in [6.45, 7) is 1.88. The van der Waals surface area contributed by atoms with Crippen molar-refractivity contribution in [2.75, 3.05) is 13.1 Å². The molecule has 2 N–H and O–H groups in total. The van der Waals surface area contributed by atoms with Crippen molar-refractivity contribution in [1.82, 2.24) is 9.62 Å². The Bertz CT molecular complexity index is 729. The van der Waals surface area contributed by atoms with Crippen molar-refractivity contribution in [2.24, 2.45) is 5.92 Å². The van der Waals surface area contributed by atoms with Gasteiger partial charge in [-0.15, -0.1) is 0 Å². The maximum absolute atomic E-state index is 13.6. The van der Waals surface area contributed by atoms with Gasteiger partial charge in [0.15, 0.2) is 0 Å². The lowest BCUT2D eigenvalue weighted by Gasteiger charge is -2.32. The molecular weight excluding hydrogens is 339 g/mol. The van der Waals surface area contributed by atoms with Crippen LogP contribution < -0.4 is 4.72 Å². The zero-order valence-corrected chi connectivity index (χ0v) is 13.9. The number of benzene rings is 1. The minimum Gasteiger partial charge on any atom is -0.481 e. The Kier molecular flexibility index (Phi) is 5.55. The van der Waals surface area contributed by atoms with Gasteiger partial charge in [0.1, 0.15) is 10.7 Å². The van der Waals surface area contributed by atoms with Crippen LogP contribution in [0.5, 0.6) is 0 Å². The SMILES string of the molecule is CC(NS(=O)(=O)c1ccccc1F)C(=O)N1CCC(C(=O)O)CC1. The third-order valence-electron chi connectivity index (χ3n) is 3.98. The molecule has 7 nitrogen and oxygen atoms in total. The van der Waals surface area contributed by atoms with Crippen LogP contribution in [0.3, 0.4) is 0 Å². The number of carboxylic acids is 1. The summed E-state index contributed by atoms with van der Waals surface area (Å²) in [7, 11) is -4.16. The molecule has 1 heterocycles. The molecule has 1 amide bonds. The fraction of sp³-hybridized carbons (Fsp3) is 0.467. The zero-order chi connectivity index (χ0) is 17.9. The lowest BCUT2D eigenvalue weighted by Crippen LogP contribution is -2.49. The number of carboxylic acid groups (broad SMARTS) is 1. The Balaban J connectivity index is 2.02. The molecule has 132 valence electrons. The molecule has 1 atom stereocenters. The van der Waals surface area contributed by atoms with Gasteiger partial charge in [-0.2, -0.15) is 4.72 Å². The van der Waals surface area contributed by atoms with Crippen LogP contribution >= 0.6 is 0 Å². The Morgan fingerprint density at radius 3 is 2.42 bits per heavy atom. The third kappa shape index (κ3) is 4.09. The molecule has 0 aromatic heterocycles. The lowest BCUT2D eigenvalue weighted by molar-refractivity contribution is -0.146. The molecule has 0 spiro atoms. The molecule has 1 aromatic carbocycles. The minimum atomic E-state index is -4.16. The number of piperidine rings is 1. The van der Waals surface area contributed by atoms with Gasteiger partial charge in [-0.25, -0.2) is 12.8 Å². The molecule has 1 aromatic rings. The van der Waals surface area contributed by atoms with E-state index in [1.807, 2.05) is 0 Å². The molecule has 1 aliphatic heterocycles. The second-order valence-corrected chi connectivity index (χ2v) is 7.39. The summed E-state index contributed by atoms with van der Waals surface area (Å²) in [6, 6.07) is 3.83. The largest absolute Gasteiger partial charge is 0.481 e. The molecule has 9 heteroatoms. The Hall–Kier alpha value is -2.00. The number of aliphatic carboxylic acids is 1. The third-order valence-corrected chi connectivity index (χ3v) is 5.56. The van der Waals surface area contributed by atoms with Crippen LogP contribution in [0.15, 0.2) is 29.2 Å². The summed E-state index contributed by atoms with van der Waals surface area (Å²) in [5.41, 5.74) is 0. The van der Waals surface area contributed by atoms with E-state index in [2.05, 4.69) is 4.72 Å². The number of carbonyl (C=O) groups excluding carboxylic acids is 1. The topological polar surface area (TPSA) is 104 Å². The fourth-order valence-electron chi connectivity index (χ4n) is 2.63.